The number of rotatable bonds is 4. The summed E-state index contributed by atoms with van der Waals surface area (Å²) < 4.78 is 8.71. The molecule has 0 saturated heterocycles. The summed E-state index contributed by atoms with van der Waals surface area (Å²) in [6, 6.07) is 15.8. The zero-order chi connectivity index (χ0) is 19.0. The molecule has 4 aromatic rings. The van der Waals surface area contributed by atoms with Crippen LogP contribution in [0.25, 0.3) is 21.9 Å². The lowest BCUT2D eigenvalue weighted by molar-refractivity contribution is 0.0929. The number of halogens is 1. The Kier molecular flexibility index (Phi) is 4.58. The van der Waals surface area contributed by atoms with Crippen LogP contribution in [-0.4, -0.2) is 16.7 Å². The molecule has 0 fully saturated rings. The first kappa shape index (κ1) is 17.5. The van der Waals surface area contributed by atoms with Crippen LogP contribution in [0.3, 0.4) is 0 Å². The topological polar surface area (TPSA) is 59.5 Å². The lowest BCUT2D eigenvalue weighted by atomic mass is 10.2. The van der Waals surface area contributed by atoms with Crippen molar-refractivity contribution < 1.29 is 9.21 Å². The highest BCUT2D eigenvalue weighted by molar-refractivity contribution is 9.10. The average molecular weight is 424 g/mol. The Bertz CT molecular complexity index is 1170. The van der Waals surface area contributed by atoms with Gasteiger partial charge in [-0.3, -0.25) is 4.79 Å². The molecule has 0 atom stereocenters. The fourth-order valence-electron chi connectivity index (χ4n) is 3.10. The molecule has 1 amide bonds. The number of hydrazone groups is 1. The number of carbonyl (C=O) groups excluding carboxylic acids is 1. The average Bonchev–Trinajstić information content (AvgIpc) is 3.23. The van der Waals surface area contributed by atoms with Crippen LogP contribution in [0.15, 0.2) is 68.7 Å². The number of benzene rings is 2. The van der Waals surface area contributed by atoms with Gasteiger partial charge in [0.15, 0.2) is 5.76 Å². The number of fused-ring (bicyclic) bond motifs is 2. The molecule has 1 N–H and O–H groups in total. The van der Waals surface area contributed by atoms with Gasteiger partial charge in [0.1, 0.15) is 5.58 Å². The number of nitrogens with one attached hydrogen (secondary N) is 1. The first-order valence-electron chi connectivity index (χ1n) is 8.65. The second-order valence-electron chi connectivity index (χ2n) is 6.59. The van der Waals surface area contributed by atoms with Crippen molar-refractivity contribution in [2.24, 2.45) is 5.10 Å². The van der Waals surface area contributed by atoms with Gasteiger partial charge >= 0.3 is 5.91 Å². The normalized spacial score (nSPS) is 11.9. The Labute approximate surface area is 164 Å². The first-order chi connectivity index (χ1) is 13.0. The zero-order valence-corrected chi connectivity index (χ0v) is 16.5. The van der Waals surface area contributed by atoms with E-state index in [0.29, 0.717) is 11.6 Å². The van der Waals surface area contributed by atoms with Crippen LogP contribution >= 0.6 is 15.9 Å². The molecule has 136 valence electrons. The van der Waals surface area contributed by atoms with Crippen molar-refractivity contribution in [2.45, 2.75) is 19.9 Å². The van der Waals surface area contributed by atoms with Gasteiger partial charge in [-0.05, 0) is 44.2 Å². The van der Waals surface area contributed by atoms with Gasteiger partial charge in [-0.25, -0.2) is 5.43 Å². The van der Waals surface area contributed by atoms with Crippen molar-refractivity contribution in [1.82, 2.24) is 9.99 Å². The minimum atomic E-state index is -0.383. The number of hydrogen-bond acceptors (Lipinski definition) is 3. The molecular formula is C21H18BrN3O2. The summed E-state index contributed by atoms with van der Waals surface area (Å²) in [7, 11) is 0. The summed E-state index contributed by atoms with van der Waals surface area (Å²) in [6.45, 7) is 4.27. The Balaban J connectivity index is 1.56. The number of furan rings is 1. The van der Waals surface area contributed by atoms with Gasteiger partial charge in [-0.15, -0.1) is 0 Å². The molecule has 0 saturated carbocycles. The van der Waals surface area contributed by atoms with E-state index in [-0.39, 0.29) is 11.7 Å². The lowest BCUT2D eigenvalue weighted by Crippen LogP contribution is -2.16. The lowest BCUT2D eigenvalue weighted by Gasteiger charge is -2.08. The van der Waals surface area contributed by atoms with E-state index in [1.807, 2.05) is 36.5 Å². The number of aromatic nitrogens is 1. The van der Waals surface area contributed by atoms with E-state index in [4.69, 9.17) is 4.42 Å². The summed E-state index contributed by atoms with van der Waals surface area (Å²) in [4.78, 5) is 12.3. The molecule has 2 aromatic carbocycles. The number of hydrogen-bond donors (Lipinski definition) is 1. The van der Waals surface area contributed by atoms with E-state index in [0.717, 1.165) is 26.3 Å². The van der Waals surface area contributed by atoms with Crippen LogP contribution in [-0.2, 0) is 0 Å². The molecule has 0 bridgehead atoms. The minimum absolute atomic E-state index is 0.227. The van der Waals surface area contributed by atoms with Gasteiger partial charge in [0.2, 0.25) is 0 Å². The molecule has 6 heteroatoms. The van der Waals surface area contributed by atoms with Gasteiger partial charge < -0.3 is 8.98 Å². The number of nitrogens with zero attached hydrogens (tertiary/aromatic N) is 2. The van der Waals surface area contributed by atoms with Gasteiger partial charge in [0, 0.05) is 38.6 Å². The fraction of sp³-hybridized carbons (Fsp3) is 0.143. The van der Waals surface area contributed by atoms with Crippen molar-refractivity contribution in [3.8, 4) is 0 Å². The van der Waals surface area contributed by atoms with Gasteiger partial charge in [-0.1, -0.05) is 34.1 Å². The fourth-order valence-corrected chi connectivity index (χ4v) is 3.48. The van der Waals surface area contributed by atoms with E-state index in [1.165, 1.54) is 0 Å². The summed E-state index contributed by atoms with van der Waals surface area (Å²) in [5.74, 6) is -0.156. The molecule has 0 unspecified atom stereocenters. The van der Waals surface area contributed by atoms with Crippen molar-refractivity contribution in [3.05, 3.63) is 70.5 Å². The van der Waals surface area contributed by atoms with Crippen LogP contribution in [0, 0.1) is 0 Å². The molecule has 5 nitrogen and oxygen atoms in total. The summed E-state index contributed by atoms with van der Waals surface area (Å²) in [5.41, 5.74) is 5.30. The Hall–Kier alpha value is -2.86. The smallest absolute Gasteiger partial charge is 0.307 e. The van der Waals surface area contributed by atoms with E-state index in [9.17, 15) is 4.79 Å². The molecule has 27 heavy (non-hydrogen) atoms. The van der Waals surface area contributed by atoms with Gasteiger partial charge in [0.05, 0.1) is 6.21 Å². The van der Waals surface area contributed by atoms with Crippen molar-refractivity contribution in [3.63, 3.8) is 0 Å². The van der Waals surface area contributed by atoms with Crippen LogP contribution in [0.2, 0.25) is 0 Å². The van der Waals surface area contributed by atoms with Crippen molar-refractivity contribution >= 4 is 49.9 Å². The summed E-state index contributed by atoms with van der Waals surface area (Å²) in [5, 5.41) is 6.08. The van der Waals surface area contributed by atoms with Crippen LogP contribution in [0.1, 0.15) is 36.0 Å². The van der Waals surface area contributed by atoms with E-state index >= 15 is 0 Å². The molecule has 0 aliphatic rings. The van der Waals surface area contributed by atoms with Crippen molar-refractivity contribution in [1.29, 1.82) is 0 Å². The maximum Gasteiger partial charge on any atom is 0.307 e. The molecule has 0 aliphatic carbocycles. The number of amides is 1. The largest absolute Gasteiger partial charge is 0.451 e. The first-order valence-corrected chi connectivity index (χ1v) is 9.44. The maximum absolute atomic E-state index is 12.3. The summed E-state index contributed by atoms with van der Waals surface area (Å²) >= 11 is 3.41. The second kappa shape index (κ2) is 7.04. The zero-order valence-electron chi connectivity index (χ0n) is 14.9. The molecule has 4 rings (SSSR count). The maximum atomic E-state index is 12.3. The third-order valence-electron chi connectivity index (χ3n) is 4.40. The molecule has 0 radical (unpaired) electrons. The molecule has 2 heterocycles. The van der Waals surface area contributed by atoms with E-state index in [2.05, 4.69) is 57.0 Å². The molecule has 2 aromatic heterocycles. The highest BCUT2D eigenvalue weighted by Crippen LogP contribution is 2.24. The van der Waals surface area contributed by atoms with Gasteiger partial charge in [-0.2, -0.15) is 5.10 Å². The SMILES string of the molecule is CC(C)n1cc(/C=N/NC(=O)c2cc3cc(Br)ccc3o2)c2ccccc21. The van der Waals surface area contributed by atoms with Crippen molar-refractivity contribution in [2.75, 3.05) is 0 Å². The van der Waals surface area contributed by atoms with E-state index < -0.39 is 0 Å². The Morgan fingerprint density at radius 1 is 1.22 bits per heavy atom. The molecule has 0 aliphatic heterocycles. The minimum Gasteiger partial charge on any atom is -0.451 e. The number of carbonyl (C=O) groups is 1. The van der Waals surface area contributed by atoms with Gasteiger partial charge in [0.25, 0.3) is 0 Å². The molecule has 0 spiro atoms. The Morgan fingerprint density at radius 3 is 2.85 bits per heavy atom. The predicted octanol–water partition coefficient (Wildman–Crippen LogP) is 5.49. The highest BCUT2D eigenvalue weighted by Gasteiger charge is 2.12. The Morgan fingerprint density at radius 2 is 2.04 bits per heavy atom. The van der Waals surface area contributed by atoms with Crippen LogP contribution in [0.4, 0.5) is 0 Å². The highest BCUT2D eigenvalue weighted by atomic mass is 79.9. The molecular weight excluding hydrogens is 406 g/mol. The second-order valence-corrected chi connectivity index (χ2v) is 7.51. The third-order valence-corrected chi connectivity index (χ3v) is 4.89. The quantitative estimate of drug-likeness (QED) is 0.348. The predicted molar refractivity (Wildman–Crippen MR) is 111 cm³/mol. The standard InChI is InChI=1S/C21H18BrN3O2/c1-13(2)25-12-15(17-5-3-4-6-18(17)25)11-23-24-21(26)20-10-14-9-16(22)7-8-19(14)27-20/h3-13H,1-2H3,(H,24,26)/b23-11+. The van der Waals surface area contributed by atoms with Crippen LogP contribution < -0.4 is 5.43 Å². The van der Waals surface area contributed by atoms with E-state index in [1.54, 1.807) is 12.3 Å². The number of para-hydroxylation sites is 1. The monoisotopic (exact) mass is 423 g/mol. The van der Waals surface area contributed by atoms with Crippen LogP contribution in [0.5, 0.6) is 0 Å². The third kappa shape index (κ3) is 3.40. The summed E-state index contributed by atoms with van der Waals surface area (Å²) in [6.07, 6.45) is 3.71.